The second kappa shape index (κ2) is 12.2. The van der Waals surface area contributed by atoms with Crippen molar-refractivity contribution in [3.8, 4) is 0 Å². The van der Waals surface area contributed by atoms with Crippen LogP contribution in [0.3, 0.4) is 0 Å². The van der Waals surface area contributed by atoms with Crippen molar-refractivity contribution in [2.24, 2.45) is 5.92 Å². The summed E-state index contributed by atoms with van der Waals surface area (Å²) in [6.07, 6.45) is -1.06. The topological polar surface area (TPSA) is 161 Å². The van der Waals surface area contributed by atoms with E-state index < -0.39 is 52.7 Å². The fourth-order valence-corrected chi connectivity index (χ4v) is 2.96. The second-order valence-electron chi connectivity index (χ2n) is 7.17. The number of nitrogens with one attached hydrogen (secondary N) is 1. The quantitative estimate of drug-likeness (QED) is 0.298. The number of ether oxygens (including phenoxy) is 4. The maximum atomic E-state index is 12.4. The standard InChI is InChI=1S/C19H27NO11S/c1-7-26-15(22)13(20-16(23)29-9-28-14(21)10(2)3)19(5,6)32-18(25)27-8-12-11(4)30-17(24)31-12/h10,13H,7-9H2,1-6H3,(H,20,23)/t13-/m0/s1. The van der Waals surface area contributed by atoms with Crippen LogP contribution in [0.25, 0.3) is 0 Å². The first-order valence-electron chi connectivity index (χ1n) is 9.59. The molecule has 1 aromatic heterocycles. The summed E-state index contributed by atoms with van der Waals surface area (Å²) in [5.74, 6) is -2.51. The van der Waals surface area contributed by atoms with Gasteiger partial charge >= 0.3 is 29.2 Å². The minimum absolute atomic E-state index is 0.0298. The summed E-state index contributed by atoms with van der Waals surface area (Å²) >= 11 is 0.603. The predicted octanol–water partition coefficient (Wildman–Crippen LogP) is 2.50. The first kappa shape index (κ1) is 27.1. The molecule has 1 heterocycles. The molecular formula is C19H27NO11S. The molecule has 0 aromatic carbocycles. The Bertz CT molecular complexity index is 871. The van der Waals surface area contributed by atoms with Crippen molar-refractivity contribution in [2.75, 3.05) is 13.4 Å². The van der Waals surface area contributed by atoms with Crippen LogP contribution in [0.2, 0.25) is 0 Å². The Labute approximate surface area is 188 Å². The Morgan fingerprint density at radius 1 is 1.03 bits per heavy atom. The molecule has 1 atom stereocenters. The summed E-state index contributed by atoms with van der Waals surface area (Å²) in [5.41, 5.74) is 0. The molecule has 1 rings (SSSR count). The lowest BCUT2D eigenvalue weighted by atomic mass is 10.0. The van der Waals surface area contributed by atoms with Crippen LogP contribution in [0.1, 0.15) is 46.1 Å². The molecule has 13 heteroatoms. The summed E-state index contributed by atoms with van der Waals surface area (Å²) in [6.45, 7) is 8.29. The molecule has 0 spiro atoms. The second-order valence-corrected chi connectivity index (χ2v) is 8.76. The van der Waals surface area contributed by atoms with Crippen molar-refractivity contribution in [1.29, 1.82) is 0 Å². The summed E-state index contributed by atoms with van der Waals surface area (Å²) in [6, 6.07) is -1.32. The normalized spacial score (nSPS) is 12.1. The van der Waals surface area contributed by atoms with Gasteiger partial charge in [0, 0.05) is 0 Å². The molecule has 12 nitrogen and oxygen atoms in total. The van der Waals surface area contributed by atoms with Crippen LogP contribution in [-0.2, 0) is 35.1 Å². The molecule has 0 unspecified atom stereocenters. The van der Waals surface area contributed by atoms with Gasteiger partial charge in [0.1, 0.15) is 6.04 Å². The van der Waals surface area contributed by atoms with Gasteiger partial charge in [0.25, 0.3) is 0 Å². The van der Waals surface area contributed by atoms with Gasteiger partial charge in [-0.15, -0.1) is 0 Å². The van der Waals surface area contributed by atoms with Crippen molar-refractivity contribution in [2.45, 2.75) is 58.9 Å². The molecule has 0 bridgehead atoms. The molecule has 0 fully saturated rings. The van der Waals surface area contributed by atoms with E-state index >= 15 is 0 Å². The van der Waals surface area contributed by atoms with Crippen molar-refractivity contribution < 1.29 is 47.0 Å². The summed E-state index contributed by atoms with van der Waals surface area (Å²) in [7, 11) is 0. The largest absolute Gasteiger partial charge is 0.519 e. The molecule has 32 heavy (non-hydrogen) atoms. The lowest BCUT2D eigenvalue weighted by molar-refractivity contribution is -0.156. The first-order valence-corrected chi connectivity index (χ1v) is 10.4. The van der Waals surface area contributed by atoms with Gasteiger partial charge in [-0.3, -0.25) is 4.79 Å². The Hall–Kier alpha value is -2.96. The molecule has 0 aliphatic heterocycles. The van der Waals surface area contributed by atoms with Gasteiger partial charge in [0.05, 0.1) is 17.3 Å². The van der Waals surface area contributed by atoms with Crippen molar-refractivity contribution in [3.05, 3.63) is 22.1 Å². The third kappa shape index (κ3) is 8.65. The van der Waals surface area contributed by atoms with Gasteiger partial charge < -0.3 is 33.1 Å². The zero-order chi connectivity index (χ0) is 24.5. The predicted molar refractivity (Wildman–Crippen MR) is 110 cm³/mol. The maximum absolute atomic E-state index is 12.4. The van der Waals surface area contributed by atoms with E-state index in [-0.39, 0.29) is 24.7 Å². The van der Waals surface area contributed by atoms with E-state index in [1.807, 2.05) is 0 Å². The highest BCUT2D eigenvalue weighted by atomic mass is 32.2. The van der Waals surface area contributed by atoms with Gasteiger partial charge in [-0.25, -0.2) is 19.2 Å². The Balaban J connectivity index is 2.75. The average Bonchev–Trinajstić information content (AvgIpc) is 3.01. The fourth-order valence-electron chi connectivity index (χ4n) is 2.14. The Kier molecular flexibility index (Phi) is 10.3. The van der Waals surface area contributed by atoms with Crippen molar-refractivity contribution in [1.82, 2.24) is 5.32 Å². The number of esters is 2. The molecule has 0 saturated carbocycles. The average molecular weight is 477 g/mol. The van der Waals surface area contributed by atoms with E-state index in [0.29, 0.717) is 11.8 Å². The summed E-state index contributed by atoms with van der Waals surface area (Å²) in [5, 5.41) is 1.49. The Morgan fingerprint density at radius 3 is 2.22 bits per heavy atom. The van der Waals surface area contributed by atoms with E-state index in [1.165, 1.54) is 20.8 Å². The molecule has 0 aliphatic carbocycles. The van der Waals surface area contributed by atoms with Crippen LogP contribution in [0.5, 0.6) is 0 Å². The van der Waals surface area contributed by atoms with Gasteiger partial charge in [-0.1, -0.05) is 13.8 Å². The summed E-state index contributed by atoms with van der Waals surface area (Å²) < 4.78 is 27.7. The molecule has 1 N–H and O–H groups in total. The van der Waals surface area contributed by atoms with Crippen molar-refractivity contribution in [3.63, 3.8) is 0 Å². The van der Waals surface area contributed by atoms with Gasteiger partial charge in [-0.2, -0.15) is 0 Å². The van der Waals surface area contributed by atoms with Gasteiger partial charge in [-0.05, 0) is 39.5 Å². The molecular weight excluding hydrogens is 450 g/mol. The van der Waals surface area contributed by atoms with Gasteiger partial charge in [0.2, 0.25) is 6.79 Å². The number of hydrogen-bond donors (Lipinski definition) is 1. The number of thioether (sulfide) groups is 1. The van der Waals surface area contributed by atoms with E-state index in [0.717, 1.165) is 0 Å². The van der Waals surface area contributed by atoms with E-state index in [9.17, 15) is 24.0 Å². The zero-order valence-electron chi connectivity index (χ0n) is 18.7. The monoisotopic (exact) mass is 477 g/mol. The third-order valence-electron chi connectivity index (χ3n) is 3.85. The van der Waals surface area contributed by atoms with Crippen LogP contribution in [0.15, 0.2) is 13.6 Å². The van der Waals surface area contributed by atoms with Crippen LogP contribution in [-0.4, -0.2) is 47.5 Å². The molecule has 0 aliphatic rings. The SMILES string of the molecule is CCOC(=O)[C@H](NC(=O)OCOC(=O)C(C)C)C(C)(C)SC(=O)OCc1oc(=O)oc1C. The number of rotatable bonds is 10. The molecule has 1 amide bonds. The van der Waals surface area contributed by atoms with Gasteiger partial charge in [0.15, 0.2) is 18.1 Å². The number of aryl methyl sites for hydroxylation is 1. The lowest BCUT2D eigenvalue weighted by Crippen LogP contribution is -2.53. The van der Waals surface area contributed by atoms with Crippen LogP contribution in [0, 0.1) is 12.8 Å². The third-order valence-corrected chi connectivity index (χ3v) is 4.89. The smallest absolute Gasteiger partial charge is 0.464 e. The fraction of sp³-hybridized carbons (Fsp3) is 0.632. The van der Waals surface area contributed by atoms with E-state index in [4.69, 9.17) is 23.4 Å². The molecule has 0 saturated heterocycles. The molecule has 1 aromatic rings. The molecule has 0 radical (unpaired) electrons. The van der Waals surface area contributed by atoms with Crippen LogP contribution < -0.4 is 11.1 Å². The summed E-state index contributed by atoms with van der Waals surface area (Å²) in [4.78, 5) is 59.2. The van der Waals surface area contributed by atoms with E-state index in [2.05, 4.69) is 9.73 Å². The molecule has 180 valence electrons. The number of hydrogen-bond acceptors (Lipinski definition) is 12. The number of carbonyl (C=O) groups excluding carboxylic acids is 4. The lowest BCUT2D eigenvalue weighted by Gasteiger charge is -2.31. The highest BCUT2D eigenvalue weighted by Crippen LogP contribution is 2.31. The highest BCUT2D eigenvalue weighted by molar-refractivity contribution is 8.14. The van der Waals surface area contributed by atoms with Crippen molar-refractivity contribution >= 4 is 35.1 Å². The number of carbonyl (C=O) groups is 4. The highest BCUT2D eigenvalue weighted by Gasteiger charge is 2.41. The minimum Gasteiger partial charge on any atom is -0.464 e. The van der Waals surface area contributed by atoms with Crippen LogP contribution in [0.4, 0.5) is 9.59 Å². The zero-order valence-corrected chi connectivity index (χ0v) is 19.5. The Morgan fingerprint density at radius 2 is 1.69 bits per heavy atom. The number of alkyl carbamates (subject to hydrolysis) is 1. The first-order chi connectivity index (χ1) is 14.9. The van der Waals surface area contributed by atoms with Crippen LogP contribution >= 0.6 is 11.8 Å². The number of amides is 1. The minimum atomic E-state index is -1.32. The maximum Gasteiger partial charge on any atom is 0.519 e. The van der Waals surface area contributed by atoms with E-state index in [1.54, 1.807) is 20.8 Å².